The van der Waals surface area contributed by atoms with E-state index in [1.807, 2.05) is 0 Å². The lowest BCUT2D eigenvalue weighted by atomic mass is 9.91. The second-order valence-electron chi connectivity index (χ2n) is 3.51. The summed E-state index contributed by atoms with van der Waals surface area (Å²) in [5.74, 6) is 0. The van der Waals surface area contributed by atoms with E-state index in [0.29, 0.717) is 11.2 Å². The minimum Gasteiger partial charge on any atom is -0.465 e. The molecule has 1 saturated carbocycles. The summed E-state index contributed by atoms with van der Waals surface area (Å²) in [7, 11) is 0. The molecule has 0 unspecified atom stereocenters. The Morgan fingerprint density at radius 2 is 1.64 bits per heavy atom. The molecule has 0 aromatic heterocycles. The number of rotatable bonds is 2. The van der Waals surface area contributed by atoms with Crippen molar-refractivity contribution in [2.24, 2.45) is 5.73 Å². The topological polar surface area (TPSA) is 87.4 Å². The molecule has 1 aliphatic carbocycles. The van der Waals surface area contributed by atoms with E-state index in [2.05, 4.69) is 10.6 Å². The summed E-state index contributed by atoms with van der Waals surface area (Å²) in [6.07, 6.45) is 2.54. The maximum atomic E-state index is 10.4. The molecule has 0 aromatic rings. The van der Waals surface area contributed by atoms with Crippen LogP contribution in [0, 0.1) is 0 Å². The van der Waals surface area contributed by atoms with Crippen molar-refractivity contribution in [2.45, 2.75) is 37.8 Å². The maximum Gasteiger partial charge on any atom is 0.404 e. The van der Waals surface area contributed by atoms with Gasteiger partial charge in [-0.2, -0.15) is 0 Å². The highest BCUT2D eigenvalue weighted by Gasteiger charge is 2.21. The lowest BCUT2D eigenvalue weighted by molar-refractivity contribution is 0.184. The summed E-state index contributed by atoms with van der Waals surface area (Å²) in [5, 5.41) is 14.3. The second kappa shape index (κ2) is 4.99. The van der Waals surface area contributed by atoms with Crippen LogP contribution < -0.4 is 16.4 Å². The standard InChI is InChI=1S/C8H15N3O2S/c9-7(14)10-5-1-3-6(4-2-5)11-8(12)13/h5-6,11H,1-4H2,(H,12,13)(H3,9,10,14). The summed E-state index contributed by atoms with van der Waals surface area (Å²) < 4.78 is 0. The molecular weight excluding hydrogens is 202 g/mol. The Hall–Kier alpha value is -1.04. The fraction of sp³-hybridized carbons (Fsp3) is 0.750. The molecule has 0 radical (unpaired) electrons. The molecule has 6 heteroatoms. The number of hydrogen-bond acceptors (Lipinski definition) is 2. The normalized spacial score (nSPS) is 26.6. The van der Waals surface area contributed by atoms with Gasteiger partial charge in [0, 0.05) is 12.1 Å². The van der Waals surface area contributed by atoms with Crippen LogP contribution in [-0.4, -0.2) is 28.4 Å². The third-order valence-corrected chi connectivity index (χ3v) is 2.52. The van der Waals surface area contributed by atoms with Crippen molar-refractivity contribution in [3.05, 3.63) is 0 Å². The fourth-order valence-electron chi connectivity index (χ4n) is 1.76. The summed E-state index contributed by atoms with van der Waals surface area (Å²) in [4.78, 5) is 10.4. The van der Waals surface area contributed by atoms with E-state index in [0.717, 1.165) is 25.7 Å². The maximum absolute atomic E-state index is 10.4. The Morgan fingerprint density at radius 3 is 2.00 bits per heavy atom. The highest BCUT2D eigenvalue weighted by atomic mass is 32.1. The SMILES string of the molecule is NC(=S)NC1CCC(NC(=O)O)CC1. The molecule has 0 spiro atoms. The first kappa shape index (κ1) is 11.0. The average Bonchev–Trinajstić information content (AvgIpc) is 2.06. The zero-order valence-electron chi connectivity index (χ0n) is 7.82. The smallest absolute Gasteiger partial charge is 0.404 e. The van der Waals surface area contributed by atoms with Gasteiger partial charge in [-0.1, -0.05) is 0 Å². The molecule has 14 heavy (non-hydrogen) atoms. The Kier molecular flexibility index (Phi) is 3.94. The summed E-state index contributed by atoms with van der Waals surface area (Å²) in [5.41, 5.74) is 5.35. The zero-order chi connectivity index (χ0) is 10.6. The first-order chi connectivity index (χ1) is 6.58. The number of nitrogens with one attached hydrogen (secondary N) is 2. The van der Waals surface area contributed by atoms with Crippen LogP contribution in [0.25, 0.3) is 0 Å². The predicted octanol–water partition coefficient (Wildman–Crippen LogP) is 0.398. The van der Waals surface area contributed by atoms with Gasteiger partial charge in [0.1, 0.15) is 0 Å². The predicted molar refractivity (Wildman–Crippen MR) is 57.1 cm³/mol. The van der Waals surface area contributed by atoms with Crippen LogP contribution in [0.15, 0.2) is 0 Å². The van der Waals surface area contributed by atoms with Gasteiger partial charge >= 0.3 is 6.09 Å². The van der Waals surface area contributed by atoms with E-state index in [9.17, 15) is 4.79 Å². The number of hydrogen-bond donors (Lipinski definition) is 4. The highest BCUT2D eigenvalue weighted by Crippen LogP contribution is 2.18. The summed E-state index contributed by atoms with van der Waals surface area (Å²) >= 11 is 4.73. The van der Waals surface area contributed by atoms with Crippen molar-refractivity contribution in [1.29, 1.82) is 0 Å². The monoisotopic (exact) mass is 217 g/mol. The molecule has 0 bridgehead atoms. The molecular formula is C8H15N3O2S. The molecule has 0 aliphatic heterocycles. The van der Waals surface area contributed by atoms with E-state index in [1.165, 1.54) is 0 Å². The van der Waals surface area contributed by atoms with Crippen molar-refractivity contribution in [3.63, 3.8) is 0 Å². The molecule has 5 N–H and O–H groups in total. The molecule has 1 aliphatic rings. The molecule has 0 atom stereocenters. The minimum absolute atomic E-state index is 0.0805. The summed E-state index contributed by atoms with van der Waals surface area (Å²) in [6.45, 7) is 0. The van der Waals surface area contributed by atoms with Gasteiger partial charge < -0.3 is 21.5 Å². The molecule has 5 nitrogen and oxygen atoms in total. The van der Waals surface area contributed by atoms with Crippen LogP contribution in [-0.2, 0) is 0 Å². The van der Waals surface area contributed by atoms with Gasteiger partial charge in [0.05, 0.1) is 0 Å². The van der Waals surface area contributed by atoms with E-state index in [1.54, 1.807) is 0 Å². The van der Waals surface area contributed by atoms with E-state index >= 15 is 0 Å². The number of carbonyl (C=O) groups is 1. The highest BCUT2D eigenvalue weighted by molar-refractivity contribution is 7.80. The third-order valence-electron chi connectivity index (χ3n) is 2.40. The van der Waals surface area contributed by atoms with Gasteiger partial charge in [-0.25, -0.2) is 4.79 Å². The average molecular weight is 217 g/mol. The van der Waals surface area contributed by atoms with Crippen molar-refractivity contribution >= 4 is 23.4 Å². The lowest BCUT2D eigenvalue weighted by Gasteiger charge is -2.28. The molecule has 0 aromatic carbocycles. The Morgan fingerprint density at radius 1 is 1.21 bits per heavy atom. The van der Waals surface area contributed by atoms with Crippen molar-refractivity contribution in [1.82, 2.24) is 10.6 Å². The second-order valence-corrected chi connectivity index (χ2v) is 3.95. The van der Waals surface area contributed by atoms with E-state index in [4.69, 9.17) is 23.1 Å². The molecule has 1 fully saturated rings. The summed E-state index contributed by atoms with van der Waals surface area (Å²) in [6, 6.07) is 0.385. The van der Waals surface area contributed by atoms with Gasteiger partial charge in [-0.3, -0.25) is 0 Å². The molecule has 1 rings (SSSR count). The first-order valence-corrected chi connectivity index (χ1v) is 5.04. The molecule has 0 heterocycles. The number of thiocarbonyl (C=S) groups is 1. The Balaban J connectivity index is 2.24. The van der Waals surface area contributed by atoms with Gasteiger partial charge in [0.15, 0.2) is 5.11 Å². The number of nitrogens with two attached hydrogens (primary N) is 1. The minimum atomic E-state index is -0.948. The molecule has 0 saturated heterocycles. The molecule has 80 valence electrons. The van der Waals surface area contributed by atoms with Gasteiger partial charge in [0.2, 0.25) is 0 Å². The van der Waals surface area contributed by atoms with Crippen molar-refractivity contribution < 1.29 is 9.90 Å². The van der Waals surface area contributed by atoms with Crippen LogP contribution in [0.4, 0.5) is 4.79 Å². The zero-order valence-corrected chi connectivity index (χ0v) is 8.64. The number of amides is 1. The van der Waals surface area contributed by atoms with Crippen LogP contribution in [0.2, 0.25) is 0 Å². The van der Waals surface area contributed by atoms with E-state index in [-0.39, 0.29) is 6.04 Å². The van der Waals surface area contributed by atoms with Crippen LogP contribution >= 0.6 is 12.2 Å². The Labute approximate surface area is 88.0 Å². The largest absolute Gasteiger partial charge is 0.465 e. The quantitative estimate of drug-likeness (QED) is 0.503. The first-order valence-electron chi connectivity index (χ1n) is 4.63. The van der Waals surface area contributed by atoms with Crippen molar-refractivity contribution in [2.75, 3.05) is 0 Å². The molecule has 1 amide bonds. The van der Waals surface area contributed by atoms with Gasteiger partial charge in [-0.15, -0.1) is 0 Å². The van der Waals surface area contributed by atoms with E-state index < -0.39 is 6.09 Å². The fourth-order valence-corrected chi connectivity index (χ4v) is 1.92. The lowest BCUT2D eigenvalue weighted by Crippen LogP contribution is -2.44. The van der Waals surface area contributed by atoms with Crippen molar-refractivity contribution in [3.8, 4) is 0 Å². The van der Waals surface area contributed by atoms with Crippen LogP contribution in [0.1, 0.15) is 25.7 Å². The van der Waals surface area contributed by atoms with Gasteiger partial charge in [0.25, 0.3) is 0 Å². The Bertz CT molecular complexity index is 203. The third kappa shape index (κ3) is 3.78. The number of carboxylic acid groups (broad SMARTS) is 1. The van der Waals surface area contributed by atoms with Crippen LogP contribution in [0.3, 0.4) is 0 Å². The van der Waals surface area contributed by atoms with Gasteiger partial charge in [-0.05, 0) is 37.9 Å². The van der Waals surface area contributed by atoms with Crippen LogP contribution in [0.5, 0.6) is 0 Å².